The minimum absolute atomic E-state index is 0.0873. The Morgan fingerprint density at radius 3 is 2.13 bits per heavy atom. The van der Waals surface area contributed by atoms with Crippen LogP contribution in [0.5, 0.6) is 0 Å². The summed E-state index contributed by atoms with van der Waals surface area (Å²) in [5.74, 6) is 0. The molecule has 0 saturated heterocycles. The van der Waals surface area contributed by atoms with E-state index in [1.807, 2.05) is 77.4 Å². The van der Waals surface area contributed by atoms with E-state index in [1.165, 1.54) is 0 Å². The van der Waals surface area contributed by atoms with Crippen LogP contribution in [0.3, 0.4) is 0 Å². The summed E-state index contributed by atoms with van der Waals surface area (Å²) < 4.78 is 53.0. The lowest BCUT2D eigenvalue weighted by molar-refractivity contribution is 0.669. The van der Waals surface area contributed by atoms with Crippen molar-refractivity contribution in [1.82, 2.24) is 9.13 Å². The maximum Gasteiger partial charge on any atom is 0.136 e. The van der Waals surface area contributed by atoms with Crippen molar-refractivity contribution in [2.24, 2.45) is 0 Å². The number of aromatic nitrogens is 2. The first kappa shape index (κ1) is 26.0. The van der Waals surface area contributed by atoms with Gasteiger partial charge in [0.1, 0.15) is 17.2 Å². The van der Waals surface area contributed by atoms with Crippen molar-refractivity contribution in [1.29, 1.82) is 10.5 Å². The van der Waals surface area contributed by atoms with E-state index in [1.54, 1.807) is 24.3 Å². The van der Waals surface area contributed by atoms with Gasteiger partial charge in [-0.1, -0.05) is 96.9 Å². The Balaban J connectivity index is 1.16. The molecule has 0 unspecified atom stereocenters. The van der Waals surface area contributed by atoms with E-state index in [0.29, 0.717) is 38.6 Å². The summed E-state index contributed by atoms with van der Waals surface area (Å²) in [6, 6.07) is 48.4. The smallest absolute Gasteiger partial charge is 0.136 e. The van der Waals surface area contributed by atoms with E-state index >= 15 is 0 Å². The molecule has 55 heavy (non-hydrogen) atoms. The van der Waals surface area contributed by atoms with Crippen LogP contribution in [0.2, 0.25) is 0 Å². The highest BCUT2D eigenvalue weighted by molar-refractivity contribution is 6.17. The fourth-order valence-corrected chi connectivity index (χ4v) is 8.36. The molecule has 0 amide bonds. The van der Waals surface area contributed by atoms with Crippen LogP contribution in [-0.4, -0.2) is 9.13 Å². The summed E-state index contributed by atoms with van der Waals surface area (Å²) in [4.78, 5) is 0. The number of benzene rings is 8. The molecule has 0 fully saturated rings. The van der Waals surface area contributed by atoms with Crippen LogP contribution < -0.4 is 0 Å². The molecular formula is C50H28N4O. The van der Waals surface area contributed by atoms with Crippen LogP contribution in [0.4, 0.5) is 0 Å². The second kappa shape index (κ2) is 11.8. The monoisotopic (exact) mass is 705 g/mol. The first-order valence-corrected chi connectivity index (χ1v) is 17.8. The van der Waals surface area contributed by atoms with E-state index in [-0.39, 0.29) is 17.6 Å². The zero-order valence-corrected chi connectivity index (χ0v) is 29.0. The van der Waals surface area contributed by atoms with Gasteiger partial charge in [0.05, 0.1) is 46.1 Å². The minimum Gasteiger partial charge on any atom is -0.456 e. The fourth-order valence-electron chi connectivity index (χ4n) is 8.36. The van der Waals surface area contributed by atoms with E-state index in [0.717, 1.165) is 66.1 Å². The number of para-hydroxylation sites is 2. The molecule has 0 aliphatic heterocycles. The van der Waals surface area contributed by atoms with Gasteiger partial charge in [-0.2, -0.15) is 10.5 Å². The third-order valence-electron chi connectivity index (χ3n) is 10.7. The maximum atomic E-state index is 11.0. The van der Waals surface area contributed by atoms with Crippen LogP contribution >= 0.6 is 0 Å². The lowest BCUT2D eigenvalue weighted by Crippen LogP contribution is -1.95. The van der Waals surface area contributed by atoms with Crippen molar-refractivity contribution in [3.8, 4) is 45.8 Å². The fraction of sp³-hybridized carbons (Fsp3) is 0. The Morgan fingerprint density at radius 2 is 1.27 bits per heavy atom. The van der Waals surface area contributed by atoms with Crippen LogP contribution in [0.1, 0.15) is 18.0 Å². The predicted octanol–water partition coefficient (Wildman–Crippen LogP) is 12.9. The van der Waals surface area contributed by atoms with Gasteiger partial charge in [-0.15, -0.1) is 0 Å². The number of rotatable bonds is 4. The van der Waals surface area contributed by atoms with Gasteiger partial charge in [-0.05, 0) is 89.5 Å². The molecule has 3 heterocycles. The van der Waals surface area contributed by atoms with Gasteiger partial charge in [0.2, 0.25) is 0 Å². The highest BCUT2D eigenvalue weighted by Gasteiger charge is 2.22. The van der Waals surface area contributed by atoms with Gasteiger partial charge in [0.15, 0.2) is 0 Å². The third-order valence-corrected chi connectivity index (χ3v) is 10.7. The highest BCUT2D eigenvalue weighted by Crippen LogP contribution is 2.43. The van der Waals surface area contributed by atoms with E-state index in [4.69, 9.17) is 11.3 Å². The van der Waals surface area contributed by atoms with Crippen molar-refractivity contribution >= 4 is 65.6 Å². The van der Waals surface area contributed by atoms with Crippen LogP contribution in [0.15, 0.2) is 174 Å². The van der Waals surface area contributed by atoms with Crippen LogP contribution in [-0.2, 0) is 0 Å². The molecule has 0 aliphatic carbocycles. The maximum absolute atomic E-state index is 11.0. The number of hydrogen-bond donors (Lipinski definition) is 0. The van der Waals surface area contributed by atoms with Gasteiger partial charge >= 0.3 is 0 Å². The molecule has 0 atom stereocenters. The largest absolute Gasteiger partial charge is 0.456 e. The molecular weight excluding hydrogens is 673 g/mol. The summed E-state index contributed by atoms with van der Waals surface area (Å²) in [5.41, 5.74) is 9.68. The SMILES string of the molecule is [2H]c1c([2H])c([2H])c(-c2cccc3oc4ccc(-n5c6cc(C#N)ccc6c6c(C#N)c(-c7ccc8c(c7)c7ccccc7n8-c7ccccc7)ccc65)cc4c23)c([2H])c1[2H]. The van der Waals surface area contributed by atoms with Gasteiger partial charge in [0, 0.05) is 49.3 Å². The molecule has 5 nitrogen and oxygen atoms in total. The quantitative estimate of drug-likeness (QED) is 0.183. The molecule has 11 rings (SSSR count). The normalized spacial score (nSPS) is 12.9. The number of nitriles is 2. The van der Waals surface area contributed by atoms with Gasteiger partial charge in [0.25, 0.3) is 0 Å². The zero-order valence-electron chi connectivity index (χ0n) is 34.0. The lowest BCUT2D eigenvalue weighted by Gasteiger charge is -2.11. The van der Waals surface area contributed by atoms with Crippen molar-refractivity contribution in [2.75, 3.05) is 0 Å². The average molecular weight is 706 g/mol. The van der Waals surface area contributed by atoms with Gasteiger partial charge in [-0.25, -0.2) is 0 Å². The molecule has 254 valence electrons. The molecule has 0 N–H and O–H groups in total. The molecule has 3 aromatic heterocycles. The first-order valence-electron chi connectivity index (χ1n) is 20.3. The number of fused-ring (bicyclic) bond motifs is 9. The molecule has 0 radical (unpaired) electrons. The molecule has 11 aromatic rings. The standard InChI is InChI=1S/C50H28N4O/c51-29-31-18-21-39-46(26-31)54(35-20-25-47-41(28-35)50-37(15-9-17-48(50)55-47)32-10-3-1-4-11-32)45-24-22-36(42(30-52)49(39)45)33-19-23-44-40(27-33)38-14-7-8-16-43(38)53(44)34-12-5-2-6-13-34/h1-28H/i1D,3D,4D,10D,11D. The molecule has 8 aromatic carbocycles. The van der Waals surface area contributed by atoms with Crippen LogP contribution in [0, 0.1) is 22.7 Å². The van der Waals surface area contributed by atoms with E-state index < -0.39 is 18.1 Å². The zero-order chi connectivity index (χ0) is 41.0. The molecule has 0 saturated carbocycles. The summed E-state index contributed by atoms with van der Waals surface area (Å²) >= 11 is 0. The van der Waals surface area contributed by atoms with Crippen molar-refractivity contribution in [3.05, 3.63) is 181 Å². The first-order chi connectivity index (χ1) is 29.3. The Bertz CT molecular complexity index is 3730. The minimum atomic E-state index is -0.459. The van der Waals surface area contributed by atoms with Crippen molar-refractivity contribution in [2.45, 2.75) is 0 Å². The van der Waals surface area contributed by atoms with Gasteiger partial charge in [-0.3, -0.25) is 0 Å². The Hall–Kier alpha value is -7.86. The van der Waals surface area contributed by atoms with Crippen molar-refractivity contribution < 1.29 is 11.3 Å². The van der Waals surface area contributed by atoms with E-state index in [2.05, 4.69) is 59.2 Å². The number of furan rings is 1. The highest BCUT2D eigenvalue weighted by atomic mass is 16.3. The summed E-state index contributed by atoms with van der Waals surface area (Å²) in [6.07, 6.45) is 0. The second-order valence-corrected chi connectivity index (χ2v) is 13.6. The summed E-state index contributed by atoms with van der Waals surface area (Å²) in [6.45, 7) is 0. The Morgan fingerprint density at radius 1 is 0.473 bits per heavy atom. The topological polar surface area (TPSA) is 70.6 Å². The molecule has 0 spiro atoms. The Labute approximate surface area is 322 Å². The molecule has 5 heteroatoms. The summed E-state index contributed by atoms with van der Waals surface area (Å²) in [5, 5.41) is 26.1. The number of nitrogens with zero attached hydrogens (tertiary/aromatic N) is 4. The lowest BCUT2D eigenvalue weighted by atomic mass is 9.95. The average Bonchev–Trinajstić information content (AvgIpc) is 3.94. The number of hydrogen-bond acceptors (Lipinski definition) is 3. The molecule has 0 bridgehead atoms. The van der Waals surface area contributed by atoms with Crippen LogP contribution in [0.25, 0.3) is 99.2 Å². The van der Waals surface area contributed by atoms with Crippen molar-refractivity contribution in [3.63, 3.8) is 0 Å². The second-order valence-electron chi connectivity index (χ2n) is 13.6. The Kier molecular flexibility index (Phi) is 5.59. The van der Waals surface area contributed by atoms with Gasteiger partial charge < -0.3 is 13.6 Å². The summed E-state index contributed by atoms with van der Waals surface area (Å²) in [7, 11) is 0. The molecule has 0 aliphatic rings. The predicted molar refractivity (Wildman–Crippen MR) is 223 cm³/mol. The third kappa shape index (κ3) is 4.51. The van der Waals surface area contributed by atoms with E-state index in [9.17, 15) is 10.5 Å².